The SMILES string of the molecule is CC(CC(=O)OCC(=O)NCCNC(=O)COC(=O)CC(C)c1ccccc1)c1ccccc1. The highest BCUT2D eigenvalue weighted by molar-refractivity contribution is 5.81. The molecule has 182 valence electrons. The summed E-state index contributed by atoms with van der Waals surface area (Å²) in [5, 5.41) is 5.10. The number of hydrogen-bond donors (Lipinski definition) is 2. The first-order valence-electron chi connectivity index (χ1n) is 11.3. The van der Waals surface area contributed by atoms with Gasteiger partial charge in [0.15, 0.2) is 13.2 Å². The van der Waals surface area contributed by atoms with Crippen LogP contribution in [-0.4, -0.2) is 50.1 Å². The van der Waals surface area contributed by atoms with Gasteiger partial charge in [0.2, 0.25) is 0 Å². The van der Waals surface area contributed by atoms with Crippen molar-refractivity contribution < 1.29 is 28.7 Å². The first-order chi connectivity index (χ1) is 16.3. The van der Waals surface area contributed by atoms with Crippen molar-refractivity contribution in [1.82, 2.24) is 10.6 Å². The Bertz CT molecular complexity index is 855. The van der Waals surface area contributed by atoms with Gasteiger partial charge >= 0.3 is 11.9 Å². The summed E-state index contributed by atoms with van der Waals surface area (Å²) in [5.74, 6) is -1.86. The first-order valence-corrected chi connectivity index (χ1v) is 11.3. The number of amides is 2. The van der Waals surface area contributed by atoms with Crippen LogP contribution in [0.3, 0.4) is 0 Å². The van der Waals surface area contributed by atoms with Crippen molar-refractivity contribution >= 4 is 23.8 Å². The standard InChI is InChI=1S/C26H32N2O6/c1-19(21-9-5-3-6-10-21)15-25(31)33-17-23(29)27-13-14-28-24(30)18-34-26(32)16-20(2)22-11-7-4-8-12-22/h3-12,19-20H,13-18H2,1-2H3,(H,27,29)(H,28,30). The molecule has 8 nitrogen and oxygen atoms in total. The number of carbonyl (C=O) groups is 4. The smallest absolute Gasteiger partial charge is 0.306 e. The zero-order valence-electron chi connectivity index (χ0n) is 19.6. The van der Waals surface area contributed by atoms with E-state index in [0.717, 1.165) is 11.1 Å². The number of ether oxygens (including phenoxy) is 2. The zero-order valence-corrected chi connectivity index (χ0v) is 19.6. The van der Waals surface area contributed by atoms with Crippen molar-refractivity contribution in [2.45, 2.75) is 38.5 Å². The van der Waals surface area contributed by atoms with Gasteiger partial charge < -0.3 is 20.1 Å². The zero-order chi connectivity index (χ0) is 24.8. The molecule has 2 rings (SSSR count). The maximum Gasteiger partial charge on any atom is 0.306 e. The monoisotopic (exact) mass is 468 g/mol. The molecular formula is C26H32N2O6. The molecule has 0 saturated carbocycles. The predicted molar refractivity (Wildman–Crippen MR) is 127 cm³/mol. The minimum Gasteiger partial charge on any atom is -0.456 e. The molecule has 0 spiro atoms. The Morgan fingerprint density at radius 2 is 1.00 bits per heavy atom. The summed E-state index contributed by atoms with van der Waals surface area (Å²) >= 11 is 0. The van der Waals surface area contributed by atoms with Gasteiger partial charge in [0, 0.05) is 13.1 Å². The quantitative estimate of drug-likeness (QED) is 0.345. The largest absolute Gasteiger partial charge is 0.456 e. The van der Waals surface area contributed by atoms with E-state index >= 15 is 0 Å². The van der Waals surface area contributed by atoms with Crippen LogP contribution in [0.5, 0.6) is 0 Å². The van der Waals surface area contributed by atoms with Crippen LogP contribution >= 0.6 is 0 Å². The highest BCUT2D eigenvalue weighted by Crippen LogP contribution is 2.19. The molecule has 2 atom stereocenters. The molecule has 0 fully saturated rings. The fourth-order valence-corrected chi connectivity index (χ4v) is 3.21. The van der Waals surface area contributed by atoms with E-state index in [1.165, 1.54) is 0 Å². The molecule has 0 bridgehead atoms. The molecule has 0 aromatic heterocycles. The topological polar surface area (TPSA) is 111 Å². The summed E-state index contributed by atoms with van der Waals surface area (Å²) in [7, 11) is 0. The van der Waals surface area contributed by atoms with Gasteiger partial charge in [-0.2, -0.15) is 0 Å². The van der Waals surface area contributed by atoms with Gasteiger partial charge in [0.1, 0.15) is 0 Å². The van der Waals surface area contributed by atoms with Gasteiger partial charge in [0.05, 0.1) is 12.8 Å². The van der Waals surface area contributed by atoms with E-state index in [0.29, 0.717) is 0 Å². The number of carbonyl (C=O) groups excluding carboxylic acids is 4. The third kappa shape index (κ3) is 10.3. The molecule has 0 aliphatic rings. The molecule has 0 saturated heterocycles. The summed E-state index contributed by atoms with van der Waals surface area (Å²) in [6.07, 6.45) is 0.354. The molecule has 2 N–H and O–H groups in total. The number of benzene rings is 2. The summed E-state index contributed by atoms with van der Waals surface area (Å²) in [6.45, 7) is 3.38. The lowest BCUT2D eigenvalue weighted by Gasteiger charge is -2.12. The predicted octanol–water partition coefficient (Wildman–Crippen LogP) is 2.69. The van der Waals surface area contributed by atoms with Gasteiger partial charge in [-0.05, 0) is 23.0 Å². The average Bonchev–Trinajstić information content (AvgIpc) is 2.85. The fourth-order valence-electron chi connectivity index (χ4n) is 3.21. The molecule has 2 aromatic carbocycles. The van der Waals surface area contributed by atoms with E-state index in [1.807, 2.05) is 74.5 Å². The Labute approximate surface area is 200 Å². The minimum absolute atomic E-state index is 0.0115. The lowest BCUT2D eigenvalue weighted by molar-refractivity contribution is -0.149. The lowest BCUT2D eigenvalue weighted by Crippen LogP contribution is -2.38. The van der Waals surface area contributed by atoms with Gasteiger partial charge in [-0.25, -0.2) is 0 Å². The molecule has 8 heteroatoms. The van der Waals surface area contributed by atoms with Gasteiger partial charge in [-0.1, -0.05) is 74.5 Å². The fraction of sp³-hybridized carbons (Fsp3) is 0.385. The molecule has 0 aliphatic heterocycles. The Balaban J connectivity index is 1.52. The Morgan fingerprint density at radius 1 is 0.647 bits per heavy atom. The van der Waals surface area contributed by atoms with Crippen molar-refractivity contribution in [1.29, 1.82) is 0 Å². The van der Waals surface area contributed by atoms with Crippen LogP contribution < -0.4 is 10.6 Å². The van der Waals surface area contributed by atoms with E-state index in [2.05, 4.69) is 10.6 Å². The van der Waals surface area contributed by atoms with Crippen LogP contribution in [0.2, 0.25) is 0 Å². The molecule has 2 aromatic rings. The second-order valence-electron chi connectivity index (χ2n) is 8.05. The number of hydrogen-bond acceptors (Lipinski definition) is 6. The molecule has 0 aliphatic carbocycles. The highest BCUT2D eigenvalue weighted by atomic mass is 16.5. The Morgan fingerprint density at radius 3 is 1.35 bits per heavy atom. The van der Waals surface area contributed by atoms with E-state index in [4.69, 9.17) is 9.47 Å². The number of rotatable bonds is 13. The summed E-state index contributed by atoms with van der Waals surface area (Å²) < 4.78 is 10.0. The van der Waals surface area contributed by atoms with Crippen molar-refractivity contribution in [3.05, 3.63) is 71.8 Å². The Hall–Kier alpha value is -3.68. The molecule has 0 heterocycles. The van der Waals surface area contributed by atoms with Crippen molar-refractivity contribution in [2.75, 3.05) is 26.3 Å². The van der Waals surface area contributed by atoms with Crippen LogP contribution in [0.15, 0.2) is 60.7 Å². The third-order valence-electron chi connectivity index (χ3n) is 5.18. The van der Waals surface area contributed by atoms with Crippen LogP contribution in [-0.2, 0) is 28.7 Å². The van der Waals surface area contributed by atoms with Crippen molar-refractivity contribution in [3.63, 3.8) is 0 Å². The molecular weight excluding hydrogens is 436 g/mol. The molecule has 2 amide bonds. The minimum atomic E-state index is -0.462. The molecule has 0 radical (unpaired) electrons. The van der Waals surface area contributed by atoms with E-state index in [9.17, 15) is 19.2 Å². The lowest BCUT2D eigenvalue weighted by atomic mass is 9.98. The van der Waals surface area contributed by atoms with Gasteiger partial charge in [-0.3, -0.25) is 19.2 Å². The molecule has 2 unspecified atom stereocenters. The maximum atomic E-state index is 11.9. The average molecular weight is 469 g/mol. The Kier molecular flexibility index (Phi) is 11.3. The third-order valence-corrected chi connectivity index (χ3v) is 5.18. The van der Waals surface area contributed by atoms with E-state index in [-0.39, 0.29) is 51.0 Å². The van der Waals surface area contributed by atoms with Crippen molar-refractivity contribution in [3.8, 4) is 0 Å². The van der Waals surface area contributed by atoms with Gasteiger partial charge in [0.25, 0.3) is 11.8 Å². The van der Waals surface area contributed by atoms with Crippen LogP contribution in [0, 0.1) is 0 Å². The normalized spacial score (nSPS) is 12.2. The second-order valence-corrected chi connectivity index (χ2v) is 8.05. The van der Waals surface area contributed by atoms with E-state index < -0.39 is 23.8 Å². The second kappa shape index (κ2) is 14.5. The van der Waals surface area contributed by atoms with Crippen LogP contribution in [0.1, 0.15) is 49.7 Å². The van der Waals surface area contributed by atoms with Gasteiger partial charge in [-0.15, -0.1) is 0 Å². The number of nitrogens with one attached hydrogen (secondary N) is 2. The molecule has 34 heavy (non-hydrogen) atoms. The van der Waals surface area contributed by atoms with Crippen LogP contribution in [0.25, 0.3) is 0 Å². The van der Waals surface area contributed by atoms with E-state index in [1.54, 1.807) is 0 Å². The van der Waals surface area contributed by atoms with Crippen molar-refractivity contribution in [2.24, 2.45) is 0 Å². The summed E-state index contributed by atoms with van der Waals surface area (Å²) in [5.41, 5.74) is 2.05. The number of esters is 2. The highest BCUT2D eigenvalue weighted by Gasteiger charge is 2.15. The summed E-state index contributed by atoms with van der Waals surface area (Å²) in [6, 6.07) is 19.2. The summed E-state index contributed by atoms with van der Waals surface area (Å²) in [4.78, 5) is 47.5. The maximum absolute atomic E-state index is 11.9. The van der Waals surface area contributed by atoms with Crippen LogP contribution in [0.4, 0.5) is 0 Å². The first kappa shape index (κ1) is 26.6.